The van der Waals surface area contributed by atoms with Gasteiger partial charge in [0.2, 0.25) is 0 Å². The molecule has 1 aliphatic carbocycles. The van der Waals surface area contributed by atoms with E-state index in [0.29, 0.717) is 11.7 Å². The quantitative estimate of drug-likeness (QED) is 0.0993. The maximum absolute atomic E-state index is 13.0. The second-order valence-electron chi connectivity index (χ2n) is 10.5. The van der Waals surface area contributed by atoms with E-state index in [9.17, 15) is 87.8 Å². The van der Waals surface area contributed by atoms with Gasteiger partial charge in [0.05, 0.1) is 4.75 Å². The minimum Gasteiger partial charge on any atom is -0.298 e. The summed E-state index contributed by atoms with van der Waals surface area (Å²) in [5.74, 6) is -51.2. The van der Waals surface area contributed by atoms with Crippen LogP contribution in [0.4, 0.5) is 74.6 Å². The summed E-state index contributed by atoms with van der Waals surface area (Å²) in [5, 5.41) is -7.84. The highest BCUT2D eigenvalue weighted by Crippen LogP contribution is 2.64. The third-order valence-electron chi connectivity index (χ3n) is 7.09. The van der Waals surface area contributed by atoms with Crippen molar-refractivity contribution < 1.29 is 92.4 Å². The van der Waals surface area contributed by atoms with Gasteiger partial charge in [-0.2, -0.15) is 95.7 Å². The van der Waals surface area contributed by atoms with Gasteiger partial charge in [-0.25, -0.2) is 0 Å². The monoisotopic (exact) mass is 756 g/mol. The van der Waals surface area contributed by atoms with Crippen LogP contribution in [0.2, 0.25) is 0 Å². The fourth-order valence-corrected chi connectivity index (χ4v) is 5.14. The SMILES string of the molecule is CCCCC(S)(CCCC)C(=O)C1CCCC1.O=S(=O)(O)C(F)(F)C(F)(F)C(F)(F)C(F)(F)C(F)(F)C(F)(F)C(F)(F)C(F)(F)F. The molecule has 0 radical (unpaired) electrons. The smallest absolute Gasteiger partial charge is 0.298 e. The van der Waals surface area contributed by atoms with Crippen LogP contribution >= 0.6 is 12.6 Å². The van der Waals surface area contributed by atoms with Crippen LogP contribution in [0.1, 0.15) is 78.1 Å². The van der Waals surface area contributed by atoms with Crippen LogP contribution in [-0.4, -0.2) is 70.5 Å². The second-order valence-corrected chi connectivity index (χ2v) is 12.8. The molecule has 4 nitrogen and oxygen atoms in total. The summed E-state index contributed by atoms with van der Waals surface area (Å²) in [6.07, 6.45) is 3.34. The van der Waals surface area contributed by atoms with E-state index in [0.717, 1.165) is 51.4 Å². The maximum atomic E-state index is 13.0. The molecule has 0 saturated heterocycles. The average Bonchev–Trinajstić information content (AvgIpc) is 3.43. The molecule has 1 saturated carbocycles. The first-order valence-electron chi connectivity index (χ1n) is 13.1. The summed E-state index contributed by atoms with van der Waals surface area (Å²) in [4.78, 5) is 12.6. The first-order chi connectivity index (χ1) is 20.1. The fourth-order valence-electron chi connectivity index (χ4n) is 4.19. The van der Waals surface area contributed by atoms with Crippen LogP contribution < -0.4 is 0 Å². The van der Waals surface area contributed by atoms with Crippen LogP contribution in [-0.2, 0) is 14.9 Å². The molecule has 23 heteroatoms. The first-order valence-corrected chi connectivity index (χ1v) is 15.0. The van der Waals surface area contributed by atoms with E-state index >= 15 is 0 Å². The number of ketones is 1. The van der Waals surface area contributed by atoms with Gasteiger partial charge in [-0.1, -0.05) is 52.4 Å². The summed E-state index contributed by atoms with van der Waals surface area (Å²) in [5.41, 5.74) is 0. The van der Waals surface area contributed by atoms with Crippen molar-refractivity contribution in [1.82, 2.24) is 0 Å². The van der Waals surface area contributed by atoms with Gasteiger partial charge in [-0.3, -0.25) is 9.35 Å². The molecule has 0 amide bonds. The molecule has 1 aliphatic rings. The lowest BCUT2D eigenvalue weighted by atomic mass is 9.84. The molecule has 1 fully saturated rings. The number of carbonyl (C=O) groups excluding carboxylic acids is 1. The zero-order valence-corrected chi connectivity index (χ0v) is 25.3. The molecule has 0 aromatic heterocycles. The van der Waals surface area contributed by atoms with Crippen molar-refractivity contribution in [3.05, 3.63) is 0 Å². The molecule has 276 valence electrons. The molecule has 1 rings (SSSR count). The number of alkyl halides is 17. The van der Waals surface area contributed by atoms with E-state index in [1.165, 1.54) is 12.8 Å². The molecule has 0 spiro atoms. The molecule has 0 bridgehead atoms. The standard InChI is InChI=1S/C15H28OS.C8HF17O3S/c1-3-5-11-15(17,12-6-4-2)14(16)13-9-7-8-10-13;9-1(10,3(13,14)5(17,18)7(21,22)23)2(11,12)4(15,16)6(19,20)8(24,25)29(26,27)28/h13,17H,3-12H2,1-2H3;(H,26,27,28). The lowest BCUT2D eigenvalue weighted by molar-refractivity contribution is -0.458. The Hall–Kier alpha value is -1.26. The Balaban J connectivity index is 0.00000100. The highest BCUT2D eigenvalue weighted by atomic mass is 32.2. The number of carbonyl (C=O) groups is 1. The van der Waals surface area contributed by atoms with Crippen molar-refractivity contribution >= 4 is 28.5 Å². The van der Waals surface area contributed by atoms with E-state index in [1.807, 2.05) is 0 Å². The number of thiol groups is 1. The summed E-state index contributed by atoms with van der Waals surface area (Å²) >= 11 is 4.81. The highest BCUT2D eigenvalue weighted by molar-refractivity contribution is 7.87. The predicted octanol–water partition coefficient (Wildman–Crippen LogP) is 9.64. The second kappa shape index (κ2) is 14.3. The van der Waals surface area contributed by atoms with Gasteiger partial charge in [0, 0.05) is 5.92 Å². The number of hydrogen-bond acceptors (Lipinski definition) is 4. The Labute approximate surface area is 257 Å². The van der Waals surface area contributed by atoms with Crippen LogP contribution in [0, 0.1) is 5.92 Å². The molecule has 1 N–H and O–H groups in total. The number of halogens is 17. The minimum atomic E-state index is -8.89. The van der Waals surface area contributed by atoms with Gasteiger partial charge in [0.1, 0.15) is 0 Å². The summed E-state index contributed by atoms with van der Waals surface area (Å²) in [7, 11) is -7.89. The van der Waals surface area contributed by atoms with E-state index in [4.69, 9.17) is 17.2 Å². The Kier molecular flexibility index (Phi) is 13.9. The van der Waals surface area contributed by atoms with Gasteiger partial charge in [0.15, 0.2) is 5.78 Å². The van der Waals surface area contributed by atoms with Gasteiger partial charge < -0.3 is 0 Å². The number of Topliss-reactive ketones (excluding diaryl/α,β-unsaturated/α-hetero) is 1. The van der Waals surface area contributed by atoms with Crippen LogP contribution in [0.25, 0.3) is 0 Å². The molecule has 0 aromatic carbocycles. The zero-order chi connectivity index (χ0) is 37.2. The molecule has 0 heterocycles. The van der Waals surface area contributed by atoms with Crippen molar-refractivity contribution in [2.45, 2.75) is 130 Å². The van der Waals surface area contributed by atoms with Gasteiger partial charge in [-0.05, 0) is 25.7 Å². The normalized spacial score (nSPS) is 17.2. The molecular formula is C23H29F17O4S2. The van der Waals surface area contributed by atoms with E-state index in [-0.39, 0.29) is 4.75 Å². The van der Waals surface area contributed by atoms with Gasteiger partial charge in [0.25, 0.3) is 0 Å². The highest BCUT2D eigenvalue weighted by Gasteiger charge is 2.96. The zero-order valence-electron chi connectivity index (χ0n) is 23.6. The predicted molar refractivity (Wildman–Crippen MR) is 130 cm³/mol. The topological polar surface area (TPSA) is 71.4 Å². The van der Waals surface area contributed by atoms with Gasteiger partial charge in [-0.15, -0.1) is 0 Å². The van der Waals surface area contributed by atoms with Crippen LogP contribution in [0.15, 0.2) is 0 Å². The van der Waals surface area contributed by atoms with Crippen molar-refractivity contribution in [2.24, 2.45) is 5.92 Å². The van der Waals surface area contributed by atoms with Gasteiger partial charge >= 0.3 is 57.1 Å². The first kappa shape index (κ1) is 44.7. The Bertz CT molecular complexity index is 1120. The lowest BCUT2D eigenvalue weighted by Gasteiger charge is -2.42. The third-order valence-corrected chi connectivity index (χ3v) is 8.66. The third kappa shape index (κ3) is 7.79. The van der Waals surface area contributed by atoms with Crippen molar-refractivity contribution in [2.75, 3.05) is 0 Å². The van der Waals surface area contributed by atoms with Crippen LogP contribution in [0.5, 0.6) is 0 Å². The molecular weight excluding hydrogens is 727 g/mol. The summed E-state index contributed by atoms with van der Waals surface area (Å²) < 4.78 is 242. The van der Waals surface area contributed by atoms with E-state index in [1.54, 1.807) is 0 Å². The summed E-state index contributed by atoms with van der Waals surface area (Å²) in [6.45, 7) is 4.38. The Morgan fingerprint density at radius 3 is 1.22 bits per heavy atom. The molecule has 0 atom stereocenters. The number of unbranched alkanes of at least 4 members (excludes halogenated alkanes) is 2. The Morgan fingerprint density at radius 2 is 0.935 bits per heavy atom. The molecule has 46 heavy (non-hydrogen) atoms. The molecule has 0 aliphatic heterocycles. The van der Waals surface area contributed by atoms with Crippen LogP contribution in [0.3, 0.4) is 0 Å². The average molecular weight is 757 g/mol. The van der Waals surface area contributed by atoms with E-state index in [2.05, 4.69) is 13.8 Å². The maximum Gasteiger partial charge on any atom is 0.460 e. The van der Waals surface area contributed by atoms with E-state index < -0.39 is 57.1 Å². The van der Waals surface area contributed by atoms with Crippen molar-refractivity contribution in [3.63, 3.8) is 0 Å². The number of rotatable bonds is 15. The van der Waals surface area contributed by atoms with Crippen molar-refractivity contribution in [1.29, 1.82) is 0 Å². The summed E-state index contributed by atoms with van der Waals surface area (Å²) in [6, 6.07) is 0. The molecule has 0 unspecified atom stereocenters. The largest absolute Gasteiger partial charge is 0.460 e. The van der Waals surface area contributed by atoms with Crippen molar-refractivity contribution in [3.8, 4) is 0 Å². The molecule has 0 aromatic rings. The Morgan fingerprint density at radius 1 is 0.630 bits per heavy atom. The number of hydrogen-bond donors (Lipinski definition) is 2. The fraction of sp³-hybridized carbons (Fsp3) is 0.957. The lowest BCUT2D eigenvalue weighted by Crippen LogP contribution is -2.74. The minimum absolute atomic E-state index is 0.318.